The standard InChI is InChI=1S/C11H22N2O2/c1-8(2)12-11(15)7-13-5-4-9(3)10(14)6-13/h8-10,14H,4-7H2,1-3H3,(H,12,15). The molecule has 1 aliphatic heterocycles. The first-order valence-corrected chi connectivity index (χ1v) is 5.69. The van der Waals surface area contributed by atoms with Crippen LogP contribution in [0.25, 0.3) is 0 Å². The maximum absolute atomic E-state index is 11.5. The number of nitrogens with zero attached hydrogens (tertiary/aromatic N) is 1. The van der Waals surface area contributed by atoms with Crippen molar-refractivity contribution in [1.82, 2.24) is 10.2 Å². The van der Waals surface area contributed by atoms with E-state index in [-0.39, 0.29) is 18.1 Å². The van der Waals surface area contributed by atoms with Crippen LogP contribution < -0.4 is 5.32 Å². The zero-order valence-corrected chi connectivity index (χ0v) is 9.86. The van der Waals surface area contributed by atoms with E-state index in [1.165, 1.54) is 0 Å². The van der Waals surface area contributed by atoms with Gasteiger partial charge < -0.3 is 10.4 Å². The molecule has 15 heavy (non-hydrogen) atoms. The van der Waals surface area contributed by atoms with Gasteiger partial charge in [-0.1, -0.05) is 6.92 Å². The second-order valence-electron chi connectivity index (χ2n) is 4.79. The number of nitrogens with one attached hydrogen (secondary N) is 1. The van der Waals surface area contributed by atoms with Crippen LogP contribution in [0, 0.1) is 5.92 Å². The van der Waals surface area contributed by atoms with Crippen LogP contribution in [-0.2, 0) is 4.79 Å². The predicted molar refractivity (Wildman–Crippen MR) is 59.5 cm³/mol. The lowest BCUT2D eigenvalue weighted by molar-refractivity contribution is -0.123. The molecule has 0 aromatic carbocycles. The molecule has 0 saturated carbocycles. The van der Waals surface area contributed by atoms with E-state index < -0.39 is 0 Å². The van der Waals surface area contributed by atoms with E-state index in [1.54, 1.807) is 0 Å². The number of carbonyl (C=O) groups is 1. The Kier molecular flexibility index (Phi) is 4.54. The van der Waals surface area contributed by atoms with Crippen molar-refractivity contribution < 1.29 is 9.90 Å². The monoisotopic (exact) mass is 214 g/mol. The maximum Gasteiger partial charge on any atom is 0.234 e. The average Bonchev–Trinajstić information content (AvgIpc) is 2.10. The van der Waals surface area contributed by atoms with Gasteiger partial charge in [-0.15, -0.1) is 0 Å². The average molecular weight is 214 g/mol. The molecule has 1 heterocycles. The Bertz CT molecular complexity index is 219. The normalized spacial score (nSPS) is 28.1. The van der Waals surface area contributed by atoms with Crippen LogP contribution >= 0.6 is 0 Å². The van der Waals surface area contributed by atoms with Crippen molar-refractivity contribution in [2.75, 3.05) is 19.6 Å². The highest BCUT2D eigenvalue weighted by Gasteiger charge is 2.25. The third-order valence-corrected chi connectivity index (χ3v) is 2.82. The van der Waals surface area contributed by atoms with Gasteiger partial charge in [0.15, 0.2) is 0 Å². The third-order valence-electron chi connectivity index (χ3n) is 2.82. The quantitative estimate of drug-likeness (QED) is 0.706. The fraction of sp³-hybridized carbons (Fsp3) is 0.909. The van der Waals surface area contributed by atoms with Crippen LogP contribution in [0.3, 0.4) is 0 Å². The van der Waals surface area contributed by atoms with Crippen molar-refractivity contribution in [2.24, 2.45) is 5.92 Å². The lowest BCUT2D eigenvalue weighted by Gasteiger charge is -2.33. The van der Waals surface area contributed by atoms with E-state index in [9.17, 15) is 9.90 Å². The fourth-order valence-electron chi connectivity index (χ4n) is 1.83. The van der Waals surface area contributed by atoms with E-state index in [2.05, 4.69) is 12.2 Å². The molecule has 0 aromatic heterocycles. The molecule has 1 amide bonds. The highest BCUT2D eigenvalue weighted by atomic mass is 16.3. The van der Waals surface area contributed by atoms with Crippen molar-refractivity contribution in [3.8, 4) is 0 Å². The van der Waals surface area contributed by atoms with E-state index in [1.807, 2.05) is 18.7 Å². The van der Waals surface area contributed by atoms with Crippen LogP contribution in [0.1, 0.15) is 27.2 Å². The van der Waals surface area contributed by atoms with Gasteiger partial charge in [0.05, 0.1) is 12.6 Å². The Hall–Kier alpha value is -0.610. The minimum atomic E-state index is -0.286. The summed E-state index contributed by atoms with van der Waals surface area (Å²) in [6.45, 7) is 7.88. The molecule has 2 atom stereocenters. The number of amides is 1. The van der Waals surface area contributed by atoms with E-state index in [0.29, 0.717) is 19.0 Å². The number of carbonyl (C=O) groups excluding carboxylic acids is 1. The number of rotatable bonds is 3. The van der Waals surface area contributed by atoms with Gasteiger partial charge in [-0.2, -0.15) is 0 Å². The molecule has 1 rings (SSSR count). The SMILES string of the molecule is CC(C)NC(=O)CN1CCC(C)C(O)C1. The summed E-state index contributed by atoms with van der Waals surface area (Å²) >= 11 is 0. The van der Waals surface area contributed by atoms with Crippen molar-refractivity contribution in [2.45, 2.75) is 39.3 Å². The molecule has 0 aromatic rings. The number of aliphatic hydroxyl groups is 1. The number of piperidine rings is 1. The maximum atomic E-state index is 11.5. The van der Waals surface area contributed by atoms with Gasteiger partial charge >= 0.3 is 0 Å². The molecule has 0 spiro atoms. The predicted octanol–water partition coefficient (Wildman–Crippen LogP) is 0.214. The molecule has 1 saturated heterocycles. The summed E-state index contributed by atoms with van der Waals surface area (Å²) in [5, 5.41) is 12.5. The lowest BCUT2D eigenvalue weighted by Crippen LogP contribution is -2.47. The molecule has 0 radical (unpaired) electrons. The van der Waals surface area contributed by atoms with Gasteiger partial charge in [0.2, 0.25) is 5.91 Å². The van der Waals surface area contributed by atoms with E-state index >= 15 is 0 Å². The van der Waals surface area contributed by atoms with E-state index in [4.69, 9.17) is 0 Å². The van der Waals surface area contributed by atoms with Crippen LogP contribution in [0.15, 0.2) is 0 Å². The van der Waals surface area contributed by atoms with Crippen LogP contribution in [0.2, 0.25) is 0 Å². The second kappa shape index (κ2) is 5.47. The largest absolute Gasteiger partial charge is 0.392 e. The van der Waals surface area contributed by atoms with Crippen LogP contribution in [-0.4, -0.2) is 47.7 Å². The molecule has 4 nitrogen and oxygen atoms in total. The highest BCUT2D eigenvalue weighted by Crippen LogP contribution is 2.16. The molecule has 88 valence electrons. The number of hydrogen-bond acceptors (Lipinski definition) is 3. The second-order valence-corrected chi connectivity index (χ2v) is 4.79. The van der Waals surface area contributed by atoms with Gasteiger partial charge in [-0.25, -0.2) is 0 Å². The molecule has 2 unspecified atom stereocenters. The zero-order valence-electron chi connectivity index (χ0n) is 9.86. The van der Waals surface area contributed by atoms with Gasteiger partial charge in [0, 0.05) is 12.6 Å². The van der Waals surface area contributed by atoms with Crippen molar-refractivity contribution in [3.63, 3.8) is 0 Å². The molecule has 0 bridgehead atoms. The number of β-amino-alcohol motifs (C(OH)–C–C–N with tert-alkyl or cyclic N) is 1. The van der Waals surface area contributed by atoms with Gasteiger partial charge in [-0.05, 0) is 32.7 Å². The Morgan fingerprint density at radius 2 is 2.27 bits per heavy atom. The topological polar surface area (TPSA) is 52.6 Å². The van der Waals surface area contributed by atoms with Crippen molar-refractivity contribution >= 4 is 5.91 Å². The van der Waals surface area contributed by atoms with Crippen molar-refractivity contribution in [3.05, 3.63) is 0 Å². The fourth-order valence-corrected chi connectivity index (χ4v) is 1.83. The number of hydrogen-bond donors (Lipinski definition) is 2. The van der Waals surface area contributed by atoms with Crippen LogP contribution in [0.4, 0.5) is 0 Å². The van der Waals surface area contributed by atoms with Gasteiger partial charge in [-0.3, -0.25) is 9.69 Å². The van der Waals surface area contributed by atoms with Crippen LogP contribution in [0.5, 0.6) is 0 Å². The minimum Gasteiger partial charge on any atom is -0.392 e. The molecule has 1 fully saturated rings. The smallest absolute Gasteiger partial charge is 0.234 e. The summed E-state index contributed by atoms with van der Waals surface area (Å²) in [5.74, 6) is 0.404. The summed E-state index contributed by atoms with van der Waals surface area (Å²) in [6, 6.07) is 0.186. The first-order valence-electron chi connectivity index (χ1n) is 5.69. The summed E-state index contributed by atoms with van der Waals surface area (Å²) in [7, 11) is 0. The van der Waals surface area contributed by atoms with E-state index in [0.717, 1.165) is 13.0 Å². The summed E-state index contributed by atoms with van der Waals surface area (Å²) in [6.07, 6.45) is 0.682. The molecular formula is C11H22N2O2. The third kappa shape index (κ3) is 4.18. The van der Waals surface area contributed by atoms with Gasteiger partial charge in [0.25, 0.3) is 0 Å². The molecule has 0 aliphatic carbocycles. The Morgan fingerprint density at radius 1 is 1.60 bits per heavy atom. The summed E-state index contributed by atoms with van der Waals surface area (Å²) in [5.41, 5.74) is 0. The Labute approximate surface area is 91.6 Å². The highest BCUT2D eigenvalue weighted by molar-refractivity contribution is 5.78. The minimum absolute atomic E-state index is 0.0479. The first-order chi connectivity index (χ1) is 6.99. The number of aliphatic hydroxyl groups excluding tert-OH is 1. The lowest BCUT2D eigenvalue weighted by atomic mass is 9.96. The molecule has 4 heteroatoms. The molecule has 2 N–H and O–H groups in total. The summed E-state index contributed by atoms with van der Waals surface area (Å²) in [4.78, 5) is 13.5. The number of likely N-dealkylation sites (tertiary alicyclic amines) is 1. The Balaban J connectivity index is 2.30. The van der Waals surface area contributed by atoms with Gasteiger partial charge in [0.1, 0.15) is 0 Å². The summed E-state index contributed by atoms with van der Waals surface area (Å²) < 4.78 is 0. The Morgan fingerprint density at radius 3 is 2.80 bits per heavy atom. The zero-order chi connectivity index (χ0) is 11.4. The first kappa shape index (κ1) is 12.5. The molecule has 1 aliphatic rings. The van der Waals surface area contributed by atoms with Crippen molar-refractivity contribution in [1.29, 1.82) is 0 Å². The molecular weight excluding hydrogens is 192 g/mol.